The van der Waals surface area contributed by atoms with Crippen LogP contribution in [0, 0.1) is 0 Å². The molecule has 20 heavy (non-hydrogen) atoms. The Labute approximate surface area is 126 Å². The van der Waals surface area contributed by atoms with Gasteiger partial charge in [-0.1, -0.05) is 35.5 Å². The largest absolute Gasteiger partial charge is 0.390 e. The zero-order chi connectivity index (χ0) is 14.4. The van der Waals surface area contributed by atoms with Gasteiger partial charge in [0.25, 0.3) is 0 Å². The van der Waals surface area contributed by atoms with Crippen LogP contribution in [0.25, 0.3) is 0 Å². The second-order valence-corrected chi connectivity index (χ2v) is 5.75. The predicted octanol–water partition coefficient (Wildman–Crippen LogP) is 2.14. The van der Waals surface area contributed by atoms with Gasteiger partial charge in [0.15, 0.2) is 5.16 Å². The normalized spacial score (nSPS) is 12.6. The number of rotatable bonds is 7. The number of hydrogen-bond donors (Lipinski definition) is 1. The van der Waals surface area contributed by atoms with Gasteiger partial charge in [0.2, 0.25) is 0 Å². The van der Waals surface area contributed by atoms with Crippen molar-refractivity contribution >= 4 is 23.4 Å². The van der Waals surface area contributed by atoms with E-state index in [9.17, 15) is 5.11 Å². The summed E-state index contributed by atoms with van der Waals surface area (Å²) >= 11 is 7.25. The number of aliphatic hydroxyl groups excluding tert-OH is 1. The number of benzene rings is 1. The molecule has 0 unspecified atom stereocenters. The lowest BCUT2D eigenvalue weighted by atomic mass is 10.2. The molecule has 2 aromatic rings. The molecule has 0 fully saturated rings. The molecule has 1 aromatic carbocycles. The maximum Gasteiger partial charge on any atom is 0.190 e. The minimum absolute atomic E-state index is 0.285. The molecule has 0 aliphatic heterocycles. The van der Waals surface area contributed by atoms with Gasteiger partial charge in [-0.3, -0.25) is 0 Å². The van der Waals surface area contributed by atoms with Crippen molar-refractivity contribution in [3.8, 4) is 0 Å². The van der Waals surface area contributed by atoms with E-state index in [1.807, 2.05) is 35.9 Å². The second-order valence-electron chi connectivity index (χ2n) is 4.33. The molecule has 7 heteroatoms. The highest BCUT2D eigenvalue weighted by atomic mass is 35.5. The summed E-state index contributed by atoms with van der Waals surface area (Å²) in [6, 6.07) is 7.45. The predicted molar refractivity (Wildman–Crippen MR) is 78.8 cm³/mol. The molecule has 1 heterocycles. The Morgan fingerprint density at radius 2 is 2.15 bits per heavy atom. The molecule has 2 rings (SSSR count). The molecule has 1 aromatic heterocycles. The van der Waals surface area contributed by atoms with Gasteiger partial charge < -0.3 is 14.4 Å². The number of aliphatic hydroxyl groups is 1. The Bertz CT molecular complexity index is 533. The van der Waals surface area contributed by atoms with Crippen molar-refractivity contribution in [2.45, 2.75) is 17.9 Å². The topological polar surface area (TPSA) is 60.2 Å². The third kappa shape index (κ3) is 4.79. The number of halogens is 1. The fourth-order valence-electron chi connectivity index (χ4n) is 1.52. The van der Waals surface area contributed by atoms with Crippen LogP contribution in [-0.2, 0) is 18.4 Å². The summed E-state index contributed by atoms with van der Waals surface area (Å²) in [7, 11) is 1.87. The van der Waals surface area contributed by atoms with Crippen LogP contribution in [0.4, 0.5) is 0 Å². The van der Waals surface area contributed by atoms with E-state index in [1.54, 1.807) is 6.33 Å². The summed E-state index contributed by atoms with van der Waals surface area (Å²) in [4.78, 5) is 0. The maximum absolute atomic E-state index is 9.84. The summed E-state index contributed by atoms with van der Waals surface area (Å²) in [5.41, 5.74) is 1.03. The number of hydrogen-bond acceptors (Lipinski definition) is 5. The van der Waals surface area contributed by atoms with Gasteiger partial charge in [0.05, 0.1) is 19.3 Å². The van der Waals surface area contributed by atoms with Crippen LogP contribution in [0.3, 0.4) is 0 Å². The standard InChI is InChI=1S/C13H16ClN3O2S/c1-17-9-15-16-13(17)20-8-12(18)7-19-6-10-2-4-11(14)5-3-10/h2-5,9,12,18H,6-8H2,1H3/t12-/m1/s1. The average molecular weight is 314 g/mol. The van der Waals surface area contributed by atoms with Crippen molar-refractivity contribution in [2.24, 2.45) is 7.05 Å². The highest BCUT2D eigenvalue weighted by molar-refractivity contribution is 7.99. The molecule has 0 bridgehead atoms. The minimum Gasteiger partial charge on any atom is -0.390 e. The summed E-state index contributed by atoms with van der Waals surface area (Å²) in [6.45, 7) is 0.746. The fourth-order valence-corrected chi connectivity index (χ4v) is 2.43. The molecule has 0 aliphatic rings. The third-order valence-electron chi connectivity index (χ3n) is 2.57. The second kappa shape index (κ2) is 7.64. The molecule has 1 atom stereocenters. The lowest BCUT2D eigenvalue weighted by Crippen LogP contribution is -2.18. The average Bonchev–Trinajstić information content (AvgIpc) is 2.84. The van der Waals surface area contributed by atoms with E-state index in [1.165, 1.54) is 11.8 Å². The third-order valence-corrected chi connectivity index (χ3v) is 4.00. The molecule has 108 valence electrons. The quantitative estimate of drug-likeness (QED) is 0.794. The zero-order valence-electron chi connectivity index (χ0n) is 11.1. The van der Waals surface area contributed by atoms with Crippen LogP contribution in [0.5, 0.6) is 0 Å². The van der Waals surface area contributed by atoms with Gasteiger partial charge in [-0.05, 0) is 17.7 Å². The van der Waals surface area contributed by atoms with Crippen molar-refractivity contribution in [1.82, 2.24) is 14.8 Å². The van der Waals surface area contributed by atoms with E-state index in [0.29, 0.717) is 17.4 Å². The van der Waals surface area contributed by atoms with Gasteiger partial charge in [-0.2, -0.15) is 0 Å². The van der Waals surface area contributed by atoms with E-state index in [0.717, 1.165) is 10.7 Å². The first-order chi connectivity index (χ1) is 9.65. The van der Waals surface area contributed by atoms with Gasteiger partial charge in [0, 0.05) is 17.8 Å². The van der Waals surface area contributed by atoms with Crippen LogP contribution >= 0.6 is 23.4 Å². The molecule has 0 saturated carbocycles. The van der Waals surface area contributed by atoms with Crippen LogP contribution in [-0.4, -0.2) is 38.3 Å². The van der Waals surface area contributed by atoms with Crippen molar-refractivity contribution in [2.75, 3.05) is 12.4 Å². The van der Waals surface area contributed by atoms with Gasteiger partial charge in [0.1, 0.15) is 6.33 Å². The zero-order valence-corrected chi connectivity index (χ0v) is 12.6. The molecule has 0 radical (unpaired) electrons. The molecular weight excluding hydrogens is 298 g/mol. The molecule has 0 spiro atoms. The number of nitrogens with zero attached hydrogens (tertiary/aromatic N) is 3. The minimum atomic E-state index is -0.538. The lowest BCUT2D eigenvalue weighted by Gasteiger charge is -2.10. The Hall–Kier alpha value is -1.08. The molecule has 1 N–H and O–H groups in total. The smallest absolute Gasteiger partial charge is 0.190 e. The van der Waals surface area contributed by atoms with Crippen LogP contribution in [0.15, 0.2) is 35.7 Å². The monoisotopic (exact) mass is 313 g/mol. The summed E-state index contributed by atoms with van der Waals surface area (Å²) in [5, 5.41) is 19.0. The van der Waals surface area contributed by atoms with Gasteiger partial charge in [-0.15, -0.1) is 10.2 Å². The first-order valence-electron chi connectivity index (χ1n) is 6.12. The molecule has 5 nitrogen and oxygen atoms in total. The van der Waals surface area contributed by atoms with Crippen LogP contribution in [0.2, 0.25) is 5.02 Å². The van der Waals surface area contributed by atoms with Gasteiger partial charge in [-0.25, -0.2) is 0 Å². The Morgan fingerprint density at radius 3 is 2.80 bits per heavy atom. The van der Waals surface area contributed by atoms with Crippen LogP contribution < -0.4 is 0 Å². The Kier molecular flexibility index (Phi) is 5.85. The highest BCUT2D eigenvalue weighted by Crippen LogP contribution is 2.15. The first kappa shape index (κ1) is 15.3. The van der Waals surface area contributed by atoms with E-state index in [-0.39, 0.29) is 6.61 Å². The van der Waals surface area contributed by atoms with E-state index in [4.69, 9.17) is 16.3 Å². The summed E-state index contributed by atoms with van der Waals surface area (Å²) in [6.07, 6.45) is 1.09. The number of aryl methyl sites for hydroxylation is 1. The molecule has 0 saturated heterocycles. The first-order valence-corrected chi connectivity index (χ1v) is 7.48. The SMILES string of the molecule is Cn1cnnc1SC[C@H](O)COCc1ccc(Cl)cc1. The van der Waals surface area contributed by atoms with Crippen LogP contribution in [0.1, 0.15) is 5.56 Å². The van der Waals surface area contributed by atoms with Gasteiger partial charge >= 0.3 is 0 Å². The van der Waals surface area contributed by atoms with E-state index < -0.39 is 6.10 Å². The van der Waals surface area contributed by atoms with Crippen molar-refractivity contribution < 1.29 is 9.84 Å². The molecular formula is C13H16ClN3O2S. The van der Waals surface area contributed by atoms with Crippen molar-refractivity contribution in [1.29, 1.82) is 0 Å². The Balaban J connectivity index is 1.66. The molecule has 0 amide bonds. The lowest BCUT2D eigenvalue weighted by molar-refractivity contribution is 0.0397. The maximum atomic E-state index is 9.84. The number of thioether (sulfide) groups is 1. The van der Waals surface area contributed by atoms with Crippen molar-refractivity contribution in [3.63, 3.8) is 0 Å². The summed E-state index contributed by atoms with van der Waals surface area (Å²) in [5.74, 6) is 0.521. The number of ether oxygens (including phenoxy) is 1. The fraction of sp³-hybridized carbons (Fsp3) is 0.385. The van der Waals surface area contributed by atoms with Crippen molar-refractivity contribution in [3.05, 3.63) is 41.2 Å². The van der Waals surface area contributed by atoms with E-state index >= 15 is 0 Å². The Morgan fingerprint density at radius 1 is 1.40 bits per heavy atom. The highest BCUT2D eigenvalue weighted by Gasteiger charge is 2.08. The number of aromatic nitrogens is 3. The summed E-state index contributed by atoms with van der Waals surface area (Å²) < 4.78 is 7.28. The molecule has 0 aliphatic carbocycles. The van der Waals surface area contributed by atoms with E-state index in [2.05, 4.69) is 10.2 Å².